The standard InChI is InChI=1S/C12H20N2/c1-3-11-4-6-12(7-5-11)9-14-8-10(2)13/h4-7,10,14H,3,8-9,13H2,1-2H3. The minimum absolute atomic E-state index is 0.227. The lowest BCUT2D eigenvalue weighted by Crippen LogP contribution is -2.30. The van der Waals surface area contributed by atoms with Crippen molar-refractivity contribution in [2.75, 3.05) is 6.54 Å². The fourth-order valence-electron chi connectivity index (χ4n) is 1.34. The lowest BCUT2D eigenvalue weighted by atomic mass is 10.1. The van der Waals surface area contributed by atoms with Crippen molar-refractivity contribution in [3.05, 3.63) is 35.4 Å². The second kappa shape index (κ2) is 5.78. The smallest absolute Gasteiger partial charge is 0.0206 e. The number of aryl methyl sites for hydroxylation is 1. The summed E-state index contributed by atoms with van der Waals surface area (Å²) in [6.07, 6.45) is 1.10. The van der Waals surface area contributed by atoms with E-state index in [1.54, 1.807) is 0 Å². The molecular formula is C12H20N2. The predicted molar refractivity (Wildman–Crippen MR) is 61.2 cm³/mol. The summed E-state index contributed by atoms with van der Waals surface area (Å²) in [6.45, 7) is 5.96. The summed E-state index contributed by atoms with van der Waals surface area (Å²) in [5, 5.41) is 3.31. The molecule has 1 atom stereocenters. The van der Waals surface area contributed by atoms with Gasteiger partial charge in [-0.3, -0.25) is 0 Å². The molecule has 0 saturated carbocycles. The number of nitrogens with one attached hydrogen (secondary N) is 1. The van der Waals surface area contributed by atoms with Crippen LogP contribution in [0.5, 0.6) is 0 Å². The van der Waals surface area contributed by atoms with Crippen LogP contribution in [0.3, 0.4) is 0 Å². The zero-order valence-electron chi connectivity index (χ0n) is 9.09. The van der Waals surface area contributed by atoms with E-state index in [-0.39, 0.29) is 6.04 Å². The monoisotopic (exact) mass is 192 g/mol. The molecule has 1 rings (SSSR count). The van der Waals surface area contributed by atoms with Gasteiger partial charge in [0.25, 0.3) is 0 Å². The number of benzene rings is 1. The van der Waals surface area contributed by atoms with Gasteiger partial charge in [0.2, 0.25) is 0 Å². The number of rotatable bonds is 5. The summed E-state index contributed by atoms with van der Waals surface area (Å²) >= 11 is 0. The first kappa shape index (κ1) is 11.2. The fraction of sp³-hybridized carbons (Fsp3) is 0.500. The molecule has 2 nitrogen and oxygen atoms in total. The highest BCUT2D eigenvalue weighted by Crippen LogP contribution is 2.04. The van der Waals surface area contributed by atoms with E-state index in [4.69, 9.17) is 5.73 Å². The zero-order chi connectivity index (χ0) is 10.4. The molecule has 0 spiro atoms. The van der Waals surface area contributed by atoms with E-state index in [0.717, 1.165) is 19.5 Å². The van der Waals surface area contributed by atoms with Crippen LogP contribution in [0.1, 0.15) is 25.0 Å². The molecule has 3 N–H and O–H groups in total. The second-order valence-electron chi connectivity index (χ2n) is 3.78. The molecule has 0 aliphatic rings. The molecule has 0 amide bonds. The van der Waals surface area contributed by atoms with Crippen LogP contribution < -0.4 is 11.1 Å². The predicted octanol–water partition coefficient (Wildman–Crippen LogP) is 1.69. The van der Waals surface area contributed by atoms with Crippen molar-refractivity contribution in [1.82, 2.24) is 5.32 Å². The van der Waals surface area contributed by atoms with Crippen molar-refractivity contribution in [2.45, 2.75) is 32.9 Å². The third-order valence-corrected chi connectivity index (χ3v) is 2.23. The average Bonchev–Trinajstić information content (AvgIpc) is 2.18. The Morgan fingerprint density at radius 1 is 1.21 bits per heavy atom. The second-order valence-corrected chi connectivity index (χ2v) is 3.78. The van der Waals surface area contributed by atoms with E-state index in [0.29, 0.717) is 0 Å². The Hall–Kier alpha value is -0.860. The van der Waals surface area contributed by atoms with Gasteiger partial charge in [0, 0.05) is 19.1 Å². The highest BCUT2D eigenvalue weighted by atomic mass is 14.9. The summed E-state index contributed by atoms with van der Waals surface area (Å²) < 4.78 is 0. The molecule has 0 aliphatic heterocycles. The minimum atomic E-state index is 0.227. The van der Waals surface area contributed by atoms with E-state index in [1.807, 2.05) is 6.92 Å². The molecule has 0 bridgehead atoms. The van der Waals surface area contributed by atoms with Gasteiger partial charge in [-0.05, 0) is 24.5 Å². The normalized spacial score (nSPS) is 12.8. The van der Waals surface area contributed by atoms with Gasteiger partial charge in [-0.25, -0.2) is 0 Å². The van der Waals surface area contributed by atoms with Crippen LogP contribution in [0.15, 0.2) is 24.3 Å². The molecule has 0 saturated heterocycles. The Bertz CT molecular complexity index is 252. The first-order valence-electron chi connectivity index (χ1n) is 5.26. The first-order valence-corrected chi connectivity index (χ1v) is 5.26. The molecule has 1 aromatic carbocycles. The van der Waals surface area contributed by atoms with E-state index in [9.17, 15) is 0 Å². The Kier molecular flexibility index (Phi) is 4.63. The van der Waals surface area contributed by atoms with Crippen LogP contribution in [0, 0.1) is 0 Å². The van der Waals surface area contributed by atoms with Gasteiger partial charge in [-0.1, -0.05) is 31.2 Å². The van der Waals surface area contributed by atoms with Crippen LogP contribution in [0.2, 0.25) is 0 Å². The first-order chi connectivity index (χ1) is 6.72. The summed E-state index contributed by atoms with van der Waals surface area (Å²) in [6, 6.07) is 8.94. The van der Waals surface area contributed by atoms with Crippen LogP contribution in [0.4, 0.5) is 0 Å². The van der Waals surface area contributed by atoms with Crippen LogP contribution >= 0.6 is 0 Å². The van der Waals surface area contributed by atoms with Crippen molar-refractivity contribution in [1.29, 1.82) is 0 Å². The molecular weight excluding hydrogens is 172 g/mol. The average molecular weight is 192 g/mol. The van der Waals surface area contributed by atoms with Gasteiger partial charge < -0.3 is 11.1 Å². The van der Waals surface area contributed by atoms with Gasteiger partial charge in [-0.15, -0.1) is 0 Å². The molecule has 78 valence electrons. The Morgan fingerprint density at radius 2 is 1.79 bits per heavy atom. The largest absolute Gasteiger partial charge is 0.327 e. The third-order valence-electron chi connectivity index (χ3n) is 2.23. The lowest BCUT2D eigenvalue weighted by molar-refractivity contribution is 0.608. The number of hydrogen-bond acceptors (Lipinski definition) is 2. The van der Waals surface area contributed by atoms with Gasteiger partial charge in [-0.2, -0.15) is 0 Å². The number of hydrogen-bond donors (Lipinski definition) is 2. The SMILES string of the molecule is CCc1ccc(CNCC(C)N)cc1. The van der Waals surface area contributed by atoms with E-state index < -0.39 is 0 Å². The highest BCUT2D eigenvalue weighted by Gasteiger charge is 1.95. The van der Waals surface area contributed by atoms with Crippen LogP contribution in [-0.4, -0.2) is 12.6 Å². The fourth-order valence-corrected chi connectivity index (χ4v) is 1.34. The van der Waals surface area contributed by atoms with Crippen LogP contribution in [-0.2, 0) is 13.0 Å². The molecule has 1 unspecified atom stereocenters. The summed E-state index contributed by atoms with van der Waals surface area (Å²) in [7, 11) is 0. The topological polar surface area (TPSA) is 38.0 Å². The Labute approximate surface area is 86.5 Å². The maximum atomic E-state index is 5.64. The van der Waals surface area contributed by atoms with Crippen LogP contribution in [0.25, 0.3) is 0 Å². The van der Waals surface area contributed by atoms with E-state index in [1.165, 1.54) is 11.1 Å². The maximum Gasteiger partial charge on any atom is 0.0206 e. The molecule has 0 aliphatic carbocycles. The molecule has 1 aromatic rings. The minimum Gasteiger partial charge on any atom is -0.327 e. The summed E-state index contributed by atoms with van der Waals surface area (Å²) in [5.41, 5.74) is 8.35. The van der Waals surface area contributed by atoms with Gasteiger partial charge in [0.05, 0.1) is 0 Å². The van der Waals surface area contributed by atoms with E-state index in [2.05, 4.69) is 36.5 Å². The van der Waals surface area contributed by atoms with E-state index >= 15 is 0 Å². The van der Waals surface area contributed by atoms with Crippen molar-refractivity contribution in [3.63, 3.8) is 0 Å². The third kappa shape index (κ3) is 3.90. The maximum absolute atomic E-state index is 5.64. The summed E-state index contributed by atoms with van der Waals surface area (Å²) in [5.74, 6) is 0. The summed E-state index contributed by atoms with van der Waals surface area (Å²) in [4.78, 5) is 0. The lowest BCUT2D eigenvalue weighted by Gasteiger charge is -2.07. The van der Waals surface area contributed by atoms with Crippen molar-refractivity contribution in [3.8, 4) is 0 Å². The Morgan fingerprint density at radius 3 is 2.29 bits per heavy atom. The quantitative estimate of drug-likeness (QED) is 0.745. The van der Waals surface area contributed by atoms with Crippen molar-refractivity contribution >= 4 is 0 Å². The van der Waals surface area contributed by atoms with Crippen molar-refractivity contribution < 1.29 is 0 Å². The van der Waals surface area contributed by atoms with Gasteiger partial charge in [0.1, 0.15) is 0 Å². The molecule has 0 aromatic heterocycles. The van der Waals surface area contributed by atoms with Crippen molar-refractivity contribution in [2.24, 2.45) is 5.73 Å². The van der Waals surface area contributed by atoms with Gasteiger partial charge >= 0.3 is 0 Å². The number of nitrogens with two attached hydrogens (primary N) is 1. The molecule has 0 heterocycles. The van der Waals surface area contributed by atoms with Gasteiger partial charge in [0.15, 0.2) is 0 Å². The molecule has 0 radical (unpaired) electrons. The Balaban J connectivity index is 2.36. The molecule has 0 fully saturated rings. The highest BCUT2D eigenvalue weighted by molar-refractivity contribution is 5.22. The molecule has 2 heteroatoms. The molecule has 14 heavy (non-hydrogen) atoms. The zero-order valence-corrected chi connectivity index (χ0v) is 9.09.